The first-order chi connectivity index (χ1) is 7.67. The van der Waals surface area contributed by atoms with Crippen LogP contribution in [0.15, 0.2) is 10.5 Å². The highest BCUT2D eigenvalue weighted by atomic mass is 79.9. The van der Waals surface area contributed by atoms with Gasteiger partial charge in [-0.05, 0) is 28.5 Å². The number of ether oxygens (including phenoxy) is 1. The number of hydrogen-bond donors (Lipinski definition) is 1. The number of fused-ring (bicyclic) bond motifs is 1. The highest BCUT2D eigenvalue weighted by Crippen LogP contribution is 2.40. The number of thiazole rings is 1. The van der Waals surface area contributed by atoms with E-state index in [0.717, 1.165) is 26.1 Å². The average Bonchev–Trinajstić information content (AvgIpc) is 2.68. The minimum absolute atomic E-state index is 0.589. The Bertz CT molecular complexity index is 529. The van der Waals surface area contributed by atoms with Gasteiger partial charge in [0, 0.05) is 10.9 Å². The lowest BCUT2D eigenvalue weighted by Gasteiger charge is -2.03. The zero-order valence-corrected chi connectivity index (χ0v) is 11.7. The maximum absolute atomic E-state index is 6.22. The second-order valence-electron chi connectivity index (χ2n) is 3.20. The zero-order valence-electron chi connectivity index (χ0n) is 8.59. The highest BCUT2D eigenvalue weighted by Gasteiger charge is 2.14. The van der Waals surface area contributed by atoms with Crippen molar-refractivity contribution in [1.82, 2.24) is 4.98 Å². The van der Waals surface area contributed by atoms with E-state index >= 15 is 0 Å². The molecule has 0 saturated heterocycles. The minimum Gasteiger partial charge on any atom is -0.495 e. The summed E-state index contributed by atoms with van der Waals surface area (Å²) < 4.78 is 7.03. The zero-order chi connectivity index (χ0) is 11.7. The van der Waals surface area contributed by atoms with Crippen LogP contribution in [0.2, 0.25) is 5.02 Å². The number of nitrogens with zero attached hydrogens (tertiary/aromatic N) is 1. The molecule has 0 amide bonds. The number of aromatic nitrogens is 1. The van der Waals surface area contributed by atoms with Crippen molar-refractivity contribution < 1.29 is 4.74 Å². The largest absolute Gasteiger partial charge is 0.495 e. The SMILES string of the molecule is COc1cc(Br)c2nc(CCN)sc2c1Cl. The molecule has 0 aliphatic carbocycles. The molecule has 2 aromatic rings. The van der Waals surface area contributed by atoms with E-state index in [1.165, 1.54) is 0 Å². The second kappa shape index (κ2) is 4.87. The number of methoxy groups -OCH3 is 1. The molecule has 0 unspecified atom stereocenters. The van der Waals surface area contributed by atoms with Gasteiger partial charge in [-0.3, -0.25) is 0 Å². The van der Waals surface area contributed by atoms with Gasteiger partial charge in [-0.15, -0.1) is 11.3 Å². The van der Waals surface area contributed by atoms with Gasteiger partial charge in [0.1, 0.15) is 10.8 Å². The van der Waals surface area contributed by atoms with E-state index in [4.69, 9.17) is 22.1 Å². The summed E-state index contributed by atoms with van der Waals surface area (Å²) in [6.45, 7) is 0.589. The van der Waals surface area contributed by atoms with Crippen LogP contribution in [-0.4, -0.2) is 18.6 Å². The molecular formula is C10H10BrClN2OS. The summed E-state index contributed by atoms with van der Waals surface area (Å²) in [6.07, 6.45) is 0.768. The van der Waals surface area contributed by atoms with E-state index in [-0.39, 0.29) is 0 Å². The van der Waals surface area contributed by atoms with Crippen molar-refractivity contribution in [2.45, 2.75) is 6.42 Å². The summed E-state index contributed by atoms with van der Waals surface area (Å²) in [6, 6.07) is 1.83. The van der Waals surface area contributed by atoms with Gasteiger partial charge in [0.05, 0.1) is 22.3 Å². The van der Waals surface area contributed by atoms with E-state index < -0.39 is 0 Å². The topological polar surface area (TPSA) is 48.1 Å². The Labute approximate surface area is 111 Å². The van der Waals surface area contributed by atoms with Crippen molar-refractivity contribution in [2.75, 3.05) is 13.7 Å². The lowest BCUT2D eigenvalue weighted by molar-refractivity contribution is 0.415. The van der Waals surface area contributed by atoms with Crippen LogP contribution < -0.4 is 10.5 Å². The van der Waals surface area contributed by atoms with Gasteiger partial charge in [0.25, 0.3) is 0 Å². The number of hydrogen-bond acceptors (Lipinski definition) is 4. The Morgan fingerprint density at radius 1 is 1.62 bits per heavy atom. The number of nitrogens with two attached hydrogens (primary N) is 1. The maximum Gasteiger partial charge on any atom is 0.140 e. The molecule has 2 N–H and O–H groups in total. The quantitative estimate of drug-likeness (QED) is 0.944. The van der Waals surface area contributed by atoms with E-state index in [9.17, 15) is 0 Å². The van der Waals surface area contributed by atoms with E-state index in [0.29, 0.717) is 17.3 Å². The van der Waals surface area contributed by atoms with E-state index in [2.05, 4.69) is 20.9 Å². The molecular weight excluding hydrogens is 312 g/mol. The molecule has 0 radical (unpaired) electrons. The molecule has 6 heteroatoms. The molecule has 1 aromatic carbocycles. The van der Waals surface area contributed by atoms with Gasteiger partial charge >= 0.3 is 0 Å². The first kappa shape index (κ1) is 12.1. The third-order valence-corrected chi connectivity index (χ3v) is 4.37. The van der Waals surface area contributed by atoms with Crippen LogP contribution in [0.1, 0.15) is 5.01 Å². The lowest BCUT2D eigenvalue weighted by atomic mass is 10.3. The van der Waals surface area contributed by atoms with Gasteiger partial charge in [0.15, 0.2) is 0 Å². The van der Waals surface area contributed by atoms with E-state index in [1.807, 2.05) is 6.07 Å². The molecule has 0 bridgehead atoms. The Balaban J connectivity index is 2.65. The Morgan fingerprint density at radius 3 is 3.00 bits per heavy atom. The van der Waals surface area contributed by atoms with Crippen LogP contribution in [0.5, 0.6) is 5.75 Å². The van der Waals surface area contributed by atoms with Gasteiger partial charge in [-0.1, -0.05) is 11.6 Å². The highest BCUT2D eigenvalue weighted by molar-refractivity contribution is 9.10. The van der Waals surface area contributed by atoms with Crippen LogP contribution in [0.3, 0.4) is 0 Å². The van der Waals surface area contributed by atoms with Crippen molar-refractivity contribution >= 4 is 49.1 Å². The predicted molar refractivity (Wildman–Crippen MR) is 71.6 cm³/mol. The van der Waals surface area contributed by atoms with Crippen LogP contribution in [-0.2, 0) is 6.42 Å². The molecule has 0 saturated carbocycles. The normalized spacial score (nSPS) is 11.0. The summed E-state index contributed by atoms with van der Waals surface area (Å²) in [7, 11) is 1.60. The summed E-state index contributed by atoms with van der Waals surface area (Å²) in [5, 5.41) is 1.61. The van der Waals surface area contributed by atoms with Gasteiger partial charge in [-0.2, -0.15) is 0 Å². The molecule has 1 aromatic heterocycles. The number of rotatable bonds is 3. The first-order valence-corrected chi connectivity index (χ1v) is 6.67. The molecule has 2 rings (SSSR count). The Morgan fingerprint density at radius 2 is 2.38 bits per heavy atom. The Hall–Kier alpha value is -0.360. The van der Waals surface area contributed by atoms with Crippen LogP contribution in [0, 0.1) is 0 Å². The lowest BCUT2D eigenvalue weighted by Crippen LogP contribution is -2.01. The molecule has 16 heavy (non-hydrogen) atoms. The average molecular weight is 322 g/mol. The number of benzene rings is 1. The van der Waals surface area contributed by atoms with Crippen molar-refractivity contribution in [3.63, 3.8) is 0 Å². The van der Waals surface area contributed by atoms with Crippen LogP contribution in [0.4, 0.5) is 0 Å². The summed E-state index contributed by atoms with van der Waals surface area (Å²) >= 11 is 11.2. The fraction of sp³-hybridized carbons (Fsp3) is 0.300. The monoisotopic (exact) mass is 320 g/mol. The molecule has 0 atom stereocenters. The fourth-order valence-corrected chi connectivity index (χ4v) is 3.41. The fourth-order valence-electron chi connectivity index (χ4n) is 1.41. The molecule has 1 heterocycles. The molecule has 3 nitrogen and oxygen atoms in total. The smallest absolute Gasteiger partial charge is 0.140 e. The van der Waals surface area contributed by atoms with Crippen molar-refractivity contribution in [3.05, 3.63) is 20.6 Å². The molecule has 0 aliphatic heterocycles. The van der Waals surface area contributed by atoms with Gasteiger partial charge in [0.2, 0.25) is 0 Å². The number of halogens is 2. The van der Waals surface area contributed by atoms with Crippen LogP contribution in [0.25, 0.3) is 10.2 Å². The summed E-state index contributed by atoms with van der Waals surface area (Å²) in [5.41, 5.74) is 6.39. The standard InChI is InChI=1S/C10H10BrClN2OS/c1-15-6-4-5(11)9-10(8(6)12)16-7(14-9)2-3-13/h4H,2-3,13H2,1H3. The van der Waals surface area contributed by atoms with Crippen molar-refractivity contribution in [1.29, 1.82) is 0 Å². The first-order valence-electron chi connectivity index (χ1n) is 4.68. The van der Waals surface area contributed by atoms with Gasteiger partial charge in [-0.25, -0.2) is 4.98 Å². The Kier molecular flexibility index (Phi) is 3.69. The molecule has 0 aliphatic rings. The molecule has 0 fully saturated rings. The van der Waals surface area contributed by atoms with Crippen molar-refractivity contribution in [2.24, 2.45) is 5.73 Å². The minimum atomic E-state index is 0.589. The van der Waals surface area contributed by atoms with E-state index in [1.54, 1.807) is 18.4 Å². The third-order valence-electron chi connectivity index (χ3n) is 2.15. The molecule has 86 valence electrons. The second-order valence-corrected chi connectivity index (χ2v) is 5.51. The predicted octanol–water partition coefficient (Wildman–Crippen LogP) is 3.22. The van der Waals surface area contributed by atoms with Crippen LogP contribution >= 0.6 is 38.9 Å². The summed E-state index contributed by atoms with van der Waals surface area (Å²) in [4.78, 5) is 4.49. The third kappa shape index (κ3) is 2.05. The molecule has 0 spiro atoms. The van der Waals surface area contributed by atoms with Crippen molar-refractivity contribution in [3.8, 4) is 5.75 Å². The summed E-state index contributed by atoms with van der Waals surface area (Å²) in [5.74, 6) is 0.656. The van der Waals surface area contributed by atoms with Gasteiger partial charge < -0.3 is 10.5 Å². The maximum atomic E-state index is 6.22.